The number of carbonyl (C=O) groups is 2. The first-order valence-corrected chi connectivity index (χ1v) is 8.42. The lowest BCUT2D eigenvalue weighted by Crippen LogP contribution is -2.53. The van der Waals surface area contributed by atoms with E-state index in [1.54, 1.807) is 22.7 Å². The third kappa shape index (κ3) is 3.76. The van der Waals surface area contributed by atoms with Gasteiger partial charge in [0.15, 0.2) is 0 Å². The summed E-state index contributed by atoms with van der Waals surface area (Å²) >= 11 is 0. The fraction of sp³-hybridized carbons (Fsp3) is 0.688. The highest BCUT2D eigenvalue weighted by atomic mass is 16.5. The van der Waals surface area contributed by atoms with E-state index in [0.29, 0.717) is 51.6 Å². The van der Waals surface area contributed by atoms with Crippen LogP contribution >= 0.6 is 0 Å². The summed E-state index contributed by atoms with van der Waals surface area (Å²) in [5.74, 6) is 0.124. The average Bonchev–Trinajstić information content (AvgIpc) is 2.93. The summed E-state index contributed by atoms with van der Waals surface area (Å²) in [5.41, 5.74) is 1.43. The Morgan fingerprint density at radius 1 is 1.08 bits per heavy atom. The zero-order chi connectivity index (χ0) is 17.1. The summed E-state index contributed by atoms with van der Waals surface area (Å²) in [6, 6.07) is 1.80. The smallest absolute Gasteiger partial charge is 0.272 e. The van der Waals surface area contributed by atoms with Crippen molar-refractivity contribution in [2.24, 2.45) is 7.05 Å². The number of amides is 2. The van der Waals surface area contributed by atoms with Gasteiger partial charge < -0.3 is 14.5 Å². The Labute approximate surface area is 141 Å². The average molecular weight is 335 g/mol. The highest BCUT2D eigenvalue weighted by Crippen LogP contribution is 2.10. The van der Waals surface area contributed by atoms with Crippen molar-refractivity contribution < 1.29 is 14.3 Å². The first-order chi connectivity index (χ1) is 11.5. The van der Waals surface area contributed by atoms with Crippen molar-refractivity contribution in [1.29, 1.82) is 0 Å². The van der Waals surface area contributed by atoms with Crippen molar-refractivity contribution >= 4 is 11.8 Å². The summed E-state index contributed by atoms with van der Waals surface area (Å²) < 4.78 is 6.92. The molecule has 2 aliphatic heterocycles. The monoisotopic (exact) mass is 335 g/mol. The molecule has 8 nitrogen and oxygen atoms in total. The number of morpholine rings is 1. The highest BCUT2D eigenvalue weighted by molar-refractivity contribution is 5.93. The summed E-state index contributed by atoms with van der Waals surface area (Å²) in [4.78, 5) is 30.7. The topological polar surface area (TPSA) is 70.9 Å². The molecular formula is C16H25N5O3. The van der Waals surface area contributed by atoms with E-state index in [1.807, 2.05) is 11.8 Å². The second-order valence-corrected chi connectivity index (χ2v) is 6.36. The summed E-state index contributed by atoms with van der Waals surface area (Å²) in [5, 5.41) is 4.22. The van der Waals surface area contributed by atoms with Gasteiger partial charge in [-0.25, -0.2) is 0 Å². The number of hydrogen-bond acceptors (Lipinski definition) is 5. The fourth-order valence-corrected chi connectivity index (χ4v) is 3.18. The van der Waals surface area contributed by atoms with Crippen molar-refractivity contribution in [2.45, 2.75) is 6.92 Å². The van der Waals surface area contributed by atoms with E-state index in [2.05, 4.69) is 10.00 Å². The van der Waals surface area contributed by atoms with Crippen LogP contribution in [0.3, 0.4) is 0 Å². The number of aromatic nitrogens is 2. The van der Waals surface area contributed by atoms with Gasteiger partial charge in [-0.3, -0.25) is 19.2 Å². The van der Waals surface area contributed by atoms with Crippen LogP contribution in [0.15, 0.2) is 6.07 Å². The molecule has 24 heavy (non-hydrogen) atoms. The summed E-state index contributed by atoms with van der Waals surface area (Å²) in [6.07, 6.45) is 0. The van der Waals surface area contributed by atoms with Gasteiger partial charge in [0.2, 0.25) is 5.91 Å². The highest BCUT2D eigenvalue weighted by Gasteiger charge is 2.27. The van der Waals surface area contributed by atoms with Crippen LogP contribution in [0.5, 0.6) is 0 Å². The maximum Gasteiger partial charge on any atom is 0.272 e. The lowest BCUT2D eigenvalue weighted by Gasteiger charge is -2.36. The van der Waals surface area contributed by atoms with Gasteiger partial charge in [0, 0.05) is 46.3 Å². The molecule has 0 aliphatic carbocycles. The largest absolute Gasteiger partial charge is 0.379 e. The molecule has 2 fully saturated rings. The van der Waals surface area contributed by atoms with Crippen LogP contribution in [-0.2, 0) is 16.6 Å². The zero-order valence-electron chi connectivity index (χ0n) is 14.4. The number of piperazine rings is 1. The summed E-state index contributed by atoms with van der Waals surface area (Å²) in [6.45, 7) is 7.64. The Bertz CT molecular complexity index is 601. The molecule has 8 heteroatoms. The van der Waals surface area contributed by atoms with Crippen LogP contribution in [0.25, 0.3) is 0 Å². The maximum absolute atomic E-state index is 12.6. The number of carbonyl (C=O) groups excluding carboxylic acids is 2. The molecular weight excluding hydrogens is 310 g/mol. The second-order valence-electron chi connectivity index (χ2n) is 6.36. The van der Waals surface area contributed by atoms with Crippen molar-refractivity contribution in [2.75, 3.05) is 59.0 Å². The molecule has 0 aromatic carbocycles. The van der Waals surface area contributed by atoms with Crippen LogP contribution in [0.2, 0.25) is 0 Å². The Balaban J connectivity index is 1.50. The van der Waals surface area contributed by atoms with Gasteiger partial charge >= 0.3 is 0 Å². The van der Waals surface area contributed by atoms with Gasteiger partial charge in [0.25, 0.3) is 5.91 Å². The van der Waals surface area contributed by atoms with Crippen molar-refractivity contribution in [3.8, 4) is 0 Å². The van der Waals surface area contributed by atoms with Gasteiger partial charge in [-0.2, -0.15) is 5.10 Å². The molecule has 0 spiro atoms. The van der Waals surface area contributed by atoms with Crippen molar-refractivity contribution in [1.82, 2.24) is 24.5 Å². The molecule has 2 saturated heterocycles. The van der Waals surface area contributed by atoms with E-state index in [9.17, 15) is 9.59 Å². The van der Waals surface area contributed by atoms with Crippen LogP contribution in [0.1, 0.15) is 16.2 Å². The molecule has 132 valence electrons. The molecule has 2 aliphatic rings. The molecule has 1 aromatic rings. The Hall–Kier alpha value is -1.93. The lowest BCUT2D eigenvalue weighted by molar-refractivity contribution is -0.134. The van der Waals surface area contributed by atoms with Gasteiger partial charge in [-0.15, -0.1) is 0 Å². The number of nitrogens with zero attached hydrogens (tertiary/aromatic N) is 5. The fourth-order valence-electron chi connectivity index (χ4n) is 3.18. The summed E-state index contributed by atoms with van der Waals surface area (Å²) in [7, 11) is 1.78. The third-order valence-corrected chi connectivity index (χ3v) is 4.60. The van der Waals surface area contributed by atoms with E-state index in [-0.39, 0.29) is 11.8 Å². The van der Waals surface area contributed by atoms with E-state index >= 15 is 0 Å². The van der Waals surface area contributed by atoms with Gasteiger partial charge in [0.05, 0.1) is 25.5 Å². The molecule has 2 amide bonds. The molecule has 0 atom stereocenters. The molecule has 0 unspecified atom stereocenters. The van der Waals surface area contributed by atoms with Gasteiger partial charge in [0.1, 0.15) is 5.69 Å². The molecule has 1 aromatic heterocycles. The number of rotatable bonds is 3. The Morgan fingerprint density at radius 3 is 2.29 bits per heavy atom. The predicted molar refractivity (Wildman–Crippen MR) is 87.7 cm³/mol. The predicted octanol–water partition coefficient (Wildman–Crippen LogP) is -0.655. The minimum absolute atomic E-state index is 0.0154. The minimum Gasteiger partial charge on any atom is -0.379 e. The standard InChI is InChI=1S/C16H25N5O3/c1-13-11-14(18(2)17-13)16(23)21-5-3-20(4-6-21)15(22)12-19-7-9-24-10-8-19/h11H,3-10,12H2,1-2H3. The van der Waals surface area contributed by atoms with Crippen LogP contribution in [0.4, 0.5) is 0 Å². The van der Waals surface area contributed by atoms with Gasteiger partial charge in [-0.05, 0) is 13.0 Å². The van der Waals surface area contributed by atoms with E-state index < -0.39 is 0 Å². The first kappa shape index (κ1) is 16.9. The second kappa shape index (κ2) is 7.31. The van der Waals surface area contributed by atoms with E-state index in [4.69, 9.17) is 4.74 Å². The molecule has 3 rings (SSSR count). The molecule has 0 bridgehead atoms. The van der Waals surface area contributed by atoms with Gasteiger partial charge in [-0.1, -0.05) is 0 Å². The van der Waals surface area contributed by atoms with Crippen molar-refractivity contribution in [3.63, 3.8) is 0 Å². The van der Waals surface area contributed by atoms with Crippen molar-refractivity contribution in [3.05, 3.63) is 17.5 Å². The maximum atomic E-state index is 12.6. The Kier molecular flexibility index (Phi) is 5.15. The quantitative estimate of drug-likeness (QED) is 0.734. The SMILES string of the molecule is Cc1cc(C(=O)N2CCN(C(=O)CN3CCOCC3)CC2)n(C)n1. The molecule has 0 saturated carbocycles. The number of ether oxygens (including phenoxy) is 1. The van der Waals surface area contributed by atoms with E-state index in [0.717, 1.165) is 18.8 Å². The lowest BCUT2D eigenvalue weighted by atomic mass is 10.2. The number of aryl methyl sites for hydroxylation is 2. The normalized spacial score (nSPS) is 19.6. The van der Waals surface area contributed by atoms with Crippen LogP contribution in [-0.4, -0.2) is 95.3 Å². The third-order valence-electron chi connectivity index (χ3n) is 4.60. The zero-order valence-corrected chi connectivity index (χ0v) is 14.4. The molecule has 3 heterocycles. The van der Waals surface area contributed by atoms with Crippen LogP contribution < -0.4 is 0 Å². The first-order valence-electron chi connectivity index (χ1n) is 8.42. The minimum atomic E-state index is -0.0154. The number of hydrogen-bond donors (Lipinski definition) is 0. The van der Waals surface area contributed by atoms with E-state index in [1.165, 1.54) is 0 Å². The Morgan fingerprint density at radius 2 is 1.71 bits per heavy atom. The van der Waals surface area contributed by atoms with Crippen LogP contribution in [0, 0.1) is 6.92 Å². The molecule has 0 N–H and O–H groups in total. The molecule has 0 radical (unpaired) electrons.